The second-order valence-electron chi connectivity index (χ2n) is 5.73. The number of hydrogen-bond acceptors (Lipinski definition) is 2. The summed E-state index contributed by atoms with van der Waals surface area (Å²) in [5.74, 6) is 1.76. The lowest BCUT2D eigenvalue weighted by Crippen LogP contribution is -2.24. The summed E-state index contributed by atoms with van der Waals surface area (Å²) < 4.78 is 5.83. The fourth-order valence-corrected chi connectivity index (χ4v) is 2.44. The first-order chi connectivity index (χ1) is 9.62. The van der Waals surface area contributed by atoms with Crippen molar-refractivity contribution >= 4 is 0 Å². The number of nitrogens with one attached hydrogen (secondary N) is 1. The molecule has 0 aliphatic rings. The van der Waals surface area contributed by atoms with Crippen LogP contribution in [-0.2, 0) is 0 Å². The first-order valence-corrected chi connectivity index (χ1v) is 8.09. The van der Waals surface area contributed by atoms with Gasteiger partial charge in [-0.05, 0) is 45.2 Å². The third kappa shape index (κ3) is 5.16. The molecule has 0 saturated heterocycles. The Labute approximate surface area is 124 Å². The Morgan fingerprint density at radius 3 is 2.55 bits per heavy atom. The highest BCUT2D eigenvalue weighted by Gasteiger charge is 2.18. The zero-order valence-corrected chi connectivity index (χ0v) is 13.8. The van der Waals surface area contributed by atoms with Crippen LogP contribution >= 0.6 is 0 Å². The van der Waals surface area contributed by atoms with Crippen molar-refractivity contribution in [2.24, 2.45) is 5.92 Å². The van der Waals surface area contributed by atoms with Gasteiger partial charge in [-0.25, -0.2) is 0 Å². The molecule has 0 aliphatic heterocycles. The summed E-state index contributed by atoms with van der Waals surface area (Å²) >= 11 is 0. The zero-order chi connectivity index (χ0) is 15.0. The van der Waals surface area contributed by atoms with Crippen LogP contribution in [0.15, 0.2) is 18.2 Å². The molecule has 0 bridgehead atoms. The van der Waals surface area contributed by atoms with Gasteiger partial charge in [-0.15, -0.1) is 0 Å². The monoisotopic (exact) mass is 277 g/mol. The molecule has 20 heavy (non-hydrogen) atoms. The average molecular weight is 277 g/mol. The SMILES string of the molecule is CCCNC(CC(C)CC)c1cc(C)ccc1OCC. The van der Waals surface area contributed by atoms with E-state index in [0.29, 0.717) is 6.04 Å². The van der Waals surface area contributed by atoms with Gasteiger partial charge < -0.3 is 10.1 Å². The molecule has 2 nitrogen and oxygen atoms in total. The highest BCUT2D eigenvalue weighted by atomic mass is 16.5. The summed E-state index contributed by atoms with van der Waals surface area (Å²) in [5.41, 5.74) is 2.62. The van der Waals surface area contributed by atoms with Gasteiger partial charge in [-0.3, -0.25) is 0 Å². The summed E-state index contributed by atoms with van der Waals surface area (Å²) in [6, 6.07) is 6.92. The molecule has 0 radical (unpaired) electrons. The zero-order valence-electron chi connectivity index (χ0n) is 13.8. The van der Waals surface area contributed by atoms with Crippen molar-refractivity contribution in [3.63, 3.8) is 0 Å². The maximum Gasteiger partial charge on any atom is 0.124 e. The van der Waals surface area contributed by atoms with E-state index in [1.807, 2.05) is 6.92 Å². The third-order valence-corrected chi connectivity index (χ3v) is 3.82. The Bertz CT molecular complexity index is 389. The lowest BCUT2D eigenvalue weighted by Gasteiger charge is -2.24. The molecule has 0 fully saturated rings. The highest BCUT2D eigenvalue weighted by molar-refractivity contribution is 5.39. The smallest absolute Gasteiger partial charge is 0.124 e. The number of aryl methyl sites for hydroxylation is 1. The second-order valence-corrected chi connectivity index (χ2v) is 5.73. The number of hydrogen-bond donors (Lipinski definition) is 1. The van der Waals surface area contributed by atoms with Crippen molar-refractivity contribution in [1.82, 2.24) is 5.32 Å². The van der Waals surface area contributed by atoms with Crippen LogP contribution in [-0.4, -0.2) is 13.2 Å². The lowest BCUT2D eigenvalue weighted by atomic mass is 9.92. The fourth-order valence-electron chi connectivity index (χ4n) is 2.44. The predicted molar refractivity (Wildman–Crippen MR) is 87.5 cm³/mol. The molecule has 0 saturated carbocycles. The van der Waals surface area contributed by atoms with E-state index in [1.165, 1.54) is 24.0 Å². The summed E-state index contributed by atoms with van der Waals surface area (Å²) in [5, 5.41) is 3.70. The molecular weight excluding hydrogens is 246 g/mol. The second kappa shape index (κ2) is 9.02. The van der Waals surface area contributed by atoms with E-state index in [1.54, 1.807) is 0 Å². The third-order valence-electron chi connectivity index (χ3n) is 3.82. The van der Waals surface area contributed by atoms with Crippen molar-refractivity contribution in [2.45, 2.75) is 59.9 Å². The van der Waals surface area contributed by atoms with Crippen molar-refractivity contribution in [2.75, 3.05) is 13.2 Å². The Kier molecular flexibility index (Phi) is 7.68. The van der Waals surface area contributed by atoms with E-state index in [0.717, 1.165) is 31.2 Å². The van der Waals surface area contributed by atoms with E-state index in [-0.39, 0.29) is 0 Å². The molecule has 0 heterocycles. The van der Waals surface area contributed by atoms with Crippen LogP contribution in [0.4, 0.5) is 0 Å². The van der Waals surface area contributed by atoms with Crippen LogP contribution in [0.5, 0.6) is 5.75 Å². The molecule has 1 rings (SSSR count). The summed E-state index contributed by atoms with van der Waals surface area (Å²) in [6.45, 7) is 12.8. The van der Waals surface area contributed by atoms with Gasteiger partial charge >= 0.3 is 0 Å². The first kappa shape index (κ1) is 17.0. The lowest BCUT2D eigenvalue weighted by molar-refractivity contribution is 0.324. The van der Waals surface area contributed by atoms with E-state index >= 15 is 0 Å². The van der Waals surface area contributed by atoms with Crippen molar-refractivity contribution in [3.8, 4) is 5.75 Å². The maximum atomic E-state index is 5.83. The molecular formula is C18H31NO. The minimum atomic E-state index is 0.395. The number of ether oxygens (including phenoxy) is 1. The normalized spacial score (nSPS) is 14.1. The Morgan fingerprint density at radius 2 is 1.95 bits per heavy atom. The van der Waals surface area contributed by atoms with E-state index in [4.69, 9.17) is 4.74 Å². The molecule has 2 atom stereocenters. The number of rotatable bonds is 9. The molecule has 0 aliphatic carbocycles. The average Bonchev–Trinajstić information content (AvgIpc) is 2.45. The topological polar surface area (TPSA) is 21.3 Å². The number of benzene rings is 1. The largest absolute Gasteiger partial charge is 0.494 e. The summed E-state index contributed by atoms with van der Waals surface area (Å²) in [6.07, 6.45) is 3.55. The fraction of sp³-hybridized carbons (Fsp3) is 0.667. The summed E-state index contributed by atoms with van der Waals surface area (Å²) in [4.78, 5) is 0. The van der Waals surface area contributed by atoms with Gasteiger partial charge in [0.05, 0.1) is 6.61 Å². The molecule has 2 heteroatoms. The van der Waals surface area contributed by atoms with Gasteiger partial charge in [0.1, 0.15) is 5.75 Å². The predicted octanol–water partition coefficient (Wildman–Crippen LogP) is 4.87. The first-order valence-electron chi connectivity index (χ1n) is 8.09. The van der Waals surface area contributed by atoms with Crippen LogP contribution in [0.2, 0.25) is 0 Å². The quantitative estimate of drug-likeness (QED) is 0.695. The molecule has 1 aromatic rings. The van der Waals surface area contributed by atoms with E-state index < -0.39 is 0 Å². The molecule has 0 aromatic heterocycles. The van der Waals surface area contributed by atoms with Crippen LogP contribution in [0.3, 0.4) is 0 Å². The van der Waals surface area contributed by atoms with Crippen LogP contribution in [0.25, 0.3) is 0 Å². The minimum Gasteiger partial charge on any atom is -0.494 e. The minimum absolute atomic E-state index is 0.395. The Morgan fingerprint density at radius 1 is 1.20 bits per heavy atom. The molecule has 1 N–H and O–H groups in total. The van der Waals surface area contributed by atoms with Crippen molar-refractivity contribution in [3.05, 3.63) is 29.3 Å². The van der Waals surface area contributed by atoms with Crippen LogP contribution in [0.1, 0.15) is 64.1 Å². The Hall–Kier alpha value is -1.02. The van der Waals surface area contributed by atoms with Crippen LogP contribution in [0, 0.1) is 12.8 Å². The Balaban J connectivity index is 3.00. The van der Waals surface area contributed by atoms with Gasteiger partial charge in [0, 0.05) is 11.6 Å². The maximum absolute atomic E-state index is 5.83. The molecule has 0 amide bonds. The summed E-state index contributed by atoms with van der Waals surface area (Å²) in [7, 11) is 0. The molecule has 1 aromatic carbocycles. The van der Waals surface area contributed by atoms with Gasteiger partial charge in [-0.1, -0.05) is 44.9 Å². The van der Waals surface area contributed by atoms with Gasteiger partial charge in [0.15, 0.2) is 0 Å². The van der Waals surface area contributed by atoms with Crippen LogP contribution < -0.4 is 10.1 Å². The van der Waals surface area contributed by atoms with Gasteiger partial charge in [0.2, 0.25) is 0 Å². The van der Waals surface area contributed by atoms with E-state index in [2.05, 4.69) is 51.2 Å². The molecule has 2 unspecified atom stereocenters. The van der Waals surface area contributed by atoms with Gasteiger partial charge in [-0.2, -0.15) is 0 Å². The van der Waals surface area contributed by atoms with Gasteiger partial charge in [0.25, 0.3) is 0 Å². The molecule has 0 spiro atoms. The standard InChI is InChI=1S/C18H31NO/c1-6-11-19-17(13-14(4)7-2)16-12-15(5)9-10-18(16)20-8-3/h9-10,12,14,17,19H,6-8,11,13H2,1-5H3. The molecule has 114 valence electrons. The van der Waals surface area contributed by atoms with E-state index in [9.17, 15) is 0 Å². The highest BCUT2D eigenvalue weighted by Crippen LogP contribution is 2.31. The van der Waals surface area contributed by atoms with Crippen molar-refractivity contribution < 1.29 is 4.74 Å². The van der Waals surface area contributed by atoms with Crippen molar-refractivity contribution in [1.29, 1.82) is 0 Å².